The zero-order valence-corrected chi connectivity index (χ0v) is 12.4. The van der Waals surface area contributed by atoms with E-state index >= 15 is 0 Å². The van der Waals surface area contributed by atoms with Crippen LogP contribution in [-0.4, -0.2) is 17.4 Å². The molecule has 108 valence electrons. The molecule has 1 aliphatic carbocycles. The van der Waals surface area contributed by atoms with Crippen molar-refractivity contribution < 1.29 is 9.59 Å². The number of hydrogen-bond donors (Lipinski definition) is 2. The van der Waals surface area contributed by atoms with Crippen molar-refractivity contribution in [3.05, 3.63) is 33.8 Å². The standard InChI is InChI=1S/C14H16Cl2N2O2/c15-10-4-3-5-11(16)9(10)8-12(19)18-14(13(17)20)6-1-2-7-14/h3-5H,1-2,6-8H2,(H2,17,20)(H,18,19). The van der Waals surface area contributed by atoms with E-state index in [1.165, 1.54) is 0 Å². The Hall–Kier alpha value is -1.26. The molecule has 0 bridgehead atoms. The Labute approximate surface area is 127 Å². The summed E-state index contributed by atoms with van der Waals surface area (Å²) in [5, 5.41) is 3.64. The van der Waals surface area contributed by atoms with E-state index in [0.717, 1.165) is 12.8 Å². The van der Waals surface area contributed by atoms with Gasteiger partial charge in [0, 0.05) is 10.0 Å². The third kappa shape index (κ3) is 3.07. The van der Waals surface area contributed by atoms with E-state index in [-0.39, 0.29) is 12.3 Å². The summed E-state index contributed by atoms with van der Waals surface area (Å²) in [4.78, 5) is 23.7. The number of carbonyl (C=O) groups is 2. The second-order valence-electron chi connectivity index (χ2n) is 5.08. The molecule has 1 saturated carbocycles. The van der Waals surface area contributed by atoms with Crippen molar-refractivity contribution >= 4 is 35.0 Å². The smallest absolute Gasteiger partial charge is 0.243 e. The van der Waals surface area contributed by atoms with Crippen LogP contribution in [0.3, 0.4) is 0 Å². The van der Waals surface area contributed by atoms with Crippen molar-refractivity contribution in [1.82, 2.24) is 5.32 Å². The molecule has 1 aliphatic rings. The first-order valence-electron chi connectivity index (χ1n) is 6.48. The van der Waals surface area contributed by atoms with Crippen LogP contribution in [0.1, 0.15) is 31.2 Å². The molecule has 2 rings (SSSR count). The minimum Gasteiger partial charge on any atom is -0.368 e. The van der Waals surface area contributed by atoms with Gasteiger partial charge in [-0.2, -0.15) is 0 Å². The average molecular weight is 315 g/mol. The number of amides is 2. The molecule has 1 fully saturated rings. The fourth-order valence-corrected chi connectivity index (χ4v) is 3.12. The van der Waals surface area contributed by atoms with Crippen molar-refractivity contribution in [3.8, 4) is 0 Å². The molecule has 0 aromatic heterocycles. The molecule has 3 N–H and O–H groups in total. The van der Waals surface area contributed by atoms with Gasteiger partial charge in [0.05, 0.1) is 6.42 Å². The molecule has 0 atom stereocenters. The molecule has 0 heterocycles. The topological polar surface area (TPSA) is 72.2 Å². The summed E-state index contributed by atoms with van der Waals surface area (Å²) in [6.07, 6.45) is 2.98. The van der Waals surface area contributed by atoms with Crippen LogP contribution in [0.25, 0.3) is 0 Å². The quantitative estimate of drug-likeness (QED) is 0.896. The first-order chi connectivity index (χ1) is 9.44. The van der Waals surface area contributed by atoms with E-state index < -0.39 is 11.4 Å². The van der Waals surface area contributed by atoms with E-state index in [4.69, 9.17) is 28.9 Å². The molecular weight excluding hydrogens is 299 g/mol. The fourth-order valence-electron chi connectivity index (χ4n) is 2.58. The Balaban J connectivity index is 2.11. The molecule has 4 nitrogen and oxygen atoms in total. The number of primary amides is 1. The van der Waals surface area contributed by atoms with Crippen LogP contribution in [0.5, 0.6) is 0 Å². The maximum absolute atomic E-state index is 12.1. The summed E-state index contributed by atoms with van der Waals surface area (Å²) in [5.74, 6) is -0.769. The lowest BCUT2D eigenvalue weighted by Gasteiger charge is -2.26. The predicted octanol–water partition coefficient (Wildman–Crippen LogP) is 2.45. The van der Waals surface area contributed by atoms with Crippen molar-refractivity contribution in [3.63, 3.8) is 0 Å². The monoisotopic (exact) mass is 314 g/mol. The summed E-state index contributed by atoms with van der Waals surface area (Å²) < 4.78 is 0. The fraction of sp³-hybridized carbons (Fsp3) is 0.429. The number of halogens is 2. The first-order valence-corrected chi connectivity index (χ1v) is 7.24. The van der Waals surface area contributed by atoms with Gasteiger partial charge in [0.1, 0.15) is 5.54 Å². The van der Waals surface area contributed by atoms with Gasteiger partial charge in [-0.1, -0.05) is 42.1 Å². The zero-order valence-electron chi connectivity index (χ0n) is 10.9. The molecule has 6 heteroatoms. The average Bonchev–Trinajstić information content (AvgIpc) is 2.84. The zero-order chi connectivity index (χ0) is 14.8. The van der Waals surface area contributed by atoms with Gasteiger partial charge in [-0.3, -0.25) is 9.59 Å². The van der Waals surface area contributed by atoms with Crippen LogP contribution in [0.2, 0.25) is 10.0 Å². The van der Waals surface area contributed by atoms with E-state index in [9.17, 15) is 9.59 Å². The third-order valence-corrected chi connectivity index (χ3v) is 4.41. The number of rotatable bonds is 4. The number of hydrogen-bond acceptors (Lipinski definition) is 2. The molecule has 1 aromatic rings. The normalized spacial score (nSPS) is 16.9. The van der Waals surface area contributed by atoms with Gasteiger partial charge in [-0.15, -0.1) is 0 Å². The first kappa shape index (κ1) is 15.1. The highest BCUT2D eigenvalue weighted by Gasteiger charge is 2.40. The van der Waals surface area contributed by atoms with Crippen LogP contribution in [-0.2, 0) is 16.0 Å². The SMILES string of the molecule is NC(=O)C1(NC(=O)Cc2c(Cl)cccc2Cl)CCCC1. The lowest BCUT2D eigenvalue weighted by molar-refractivity contribution is -0.131. The van der Waals surface area contributed by atoms with Gasteiger partial charge in [-0.05, 0) is 30.5 Å². The van der Waals surface area contributed by atoms with Gasteiger partial charge in [0.2, 0.25) is 11.8 Å². The minimum atomic E-state index is -0.912. The van der Waals surface area contributed by atoms with Crippen molar-refractivity contribution in [1.29, 1.82) is 0 Å². The van der Waals surface area contributed by atoms with Crippen molar-refractivity contribution in [2.24, 2.45) is 5.73 Å². The van der Waals surface area contributed by atoms with Crippen LogP contribution < -0.4 is 11.1 Å². The number of nitrogens with one attached hydrogen (secondary N) is 1. The summed E-state index contributed by atoms with van der Waals surface area (Å²) in [6, 6.07) is 5.07. The van der Waals surface area contributed by atoms with Gasteiger partial charge in [-0.25, -0.2) is 0 Å². The molecule has 0 spiro atoms. The van der Waals surface area contributed by atoms with E-state index in [0.29, 0.717) is 28.5 Å². The largest absolute Gasteiger partial charge is 0.368 e. The van der Waals surface area contributed by atoms with Crippen LogP contribution in [0.4, 0.5) is 0 Å². The summed E-state index contributed by atoms with van der Waals surface area (Å²) in [7, 11) is 0. The molecule has 2 amide bonds. The molecule has 0 saturated heterocycles. The Kier molecular flexibility index (Phi) is 4.55. The van der Waals surface area contributed by atoms with Gasteiger partial charge in [0.25, 0.3) is 0 Å². The van der Waals surface area contributed by atoms with Crippen molar-refractivity contribution in [2.75, 3.05) is 0 Å². The molecule has 0 unspecified atom stereocenters. The maximum Gasteiger partial charge on any atom is 0.243 e. The molecule has 0 aliphatic heterocycles. The van der Waals surface area contributed by atoms with Crippen LogP contribution >= 0.6 is 23.2 Å². The van der Waals surface area contributed by atoms with Gasteiger partial charge < -0.3 is 11.1 Å². The van der Waals surface area contributed by atoms with E-state index in [1.807, 2.05) is 0 Å². The number of benzene rings is 1. The van der Waals surface area contributed by atoms with Gasteiger partial charge in [0.15, 0.2) is 0 Å². The molecular formula is C14H16Cl2N2O2. The van der Waals surface area contributed by atoms with E-state index in [2.05, 4.69) is 5.32 Å². The Bertz CT molecular complexity index is 520. The summed E-state index contributed by atoms with van der Waals surface area (Å²) in [5.41, 5.74) is 5.08. The lowest BCUT2D eigenvalue weighted by Crippen LogP contribution is -2.56. The van der Waals surface area contributed by atoms with Crippen LogP contribution in [0, 0.1) is 0 Å². The van der Waals surface area contributed by atoms with Crippen molar-refractivity contribution in [2.45, 2.75) is 37.6 Å². The Morgan fingerprint density at radius 2 is 1.75 bits per heavy atom. The van der Waals surface area contributed by atoms with Gasteiger partial charge >= 0.3 is 0 Å². The Morgan fingerprint density at radius 1 is 1.20 bits per heavy atom. The molecule has 1 aromatic carbocycles. The molecule has 20 heavy (non-hydrogen) atoms. The number of nitrogens with two attached hydrogens (primary N) is 1. The second kappa shape index (κ2) is 6.02. The highest BCUT2D eigenvalue weighted by atomic mass is 35.5. The summed E-state index contributed by atoms with van der Waals surface area (Å²) in [6.45, 7) is 0. The Morgan fingerprint density at radius 3 is 2.25 bits per heavy atom. The number of carbonyl (C=O) groups excluding carboxylic acids is 2. The minimum absolute atomic E-state index is 0.0353. The lowest BCUT2D eigenvalue weighted by atomic mass is 9.96. The highest BCUT2D eigenvalue weighted by Crippen LogP contribution is 2.30. The van der Waals surface area contributed by atoms with E-state index in [1.54, 1.807) is 18.2 Å². The third-order valence-electron chi connectivity index (χ3n) is 3.71. The predicted molar refractivity (Wildman–Crippen MR) is 78.7 cm³/mol. The molecule has 0 radical (unpaired) electrons. The highest BCUT2D eigenvalue weighted by molar-refractivity contribution is 6.36. The maximum atomic E-state index is 12.1. The second-order valence-corrected chi connectivity index (χ2v) is 5.89. The van der Waals surface area contributed by atoms with Crippen LogP contribution in [0.15, 0.2) is 18.2 Å². The summed E-state index contributed by atoms with van der Waals surface area (Å²) >= 11 is 12.1.